The number of hydrogen-bond acceptors (Lipinski definition) is 2. The van der Waals surface area contributed by atoms with Crippen LogP contribution >= 0.6 is 11.6 Å². The third-order valence-electron chi connectivity index (χ3n) is 2.72. The summed E-state index contributed by atoms with van der Waals surface area (Å²) in [5.74, 6) is 0.670. The first kappa shape index (κ1) is 12.7. The number of rotatable bonds is 3. The van der Waals surface area contributed by atoms with Gasteiger partial charge in [-0.15, -0.1) is 0 Å². The van der Waals surface area contributed by atoms with Gasteiger partial charge in [-0.1, -0.05) is 35.9 Å². The van der Waals surface area contributed by atoms with Crippen molar-refractivity contribution < 1.29 is 9.13 Å². The summed E-state index contributed by atoms with van der Waals surface area (Å²) in [6.07, 6.45) is 3.11. The number of para-hydroxylation sites is 2. The van der Waals surface area contributed by atoms with Gasteiger partial charge in [-0.05, 0) is 24.3 Å². The Morgan fingerprint density at radius 1 is 1.05 bits per heavy atom. The van der Waals surface area contributed by atoms with Gasteiger partial charge in [0.2, 0.25) is 0 Å². The molecular formula is C15H10ClFN2O. The van der Waals surface area contributed by atoms with Crippen LogP contribution in [0.15, 0.2) is 60.9 Å². The molecule has 1 aromatic heterocycles. The highest BCUT2D eigenvalue weighted by molar-refractivity contribution is 6.32. The molecule has 0 bridgehead atoms. The lowest BCUT2D eigenvalue weighted by atomic mass is 10.3. The second-order valence-corrected chi connectivity index (χ2v) is 4.51. The van der Waals surface area contributed by atoms with Gasteiger partial charge in [0, 0.05) is 0 Å². The van der Waals surface area contributed by atoms with Gasteiger partial charge in [0.15, 0.2) is 5.75 Å². The molecule has 0 radical (unpaired) electrons. The highest BCUT2D eigenvalue weighted by Gasteiger charge is 2.08. The molecule has 0 saturated heterocycles. The zero-order valence-electron chi connectivity index (χ0n) is 10.3. The first-order valence-electron chi connectivity index (χ1n) is 5.96. The topological polar surface area (TPSA) is 27.1 Å². The van der Waals surface area contributed by atoms with Gasteiger partial charge in [0.25, 0.3) is 0 Å². The predicted molar refractivity (Wildman–Crippen MR) is 75.0 cm³/mol. The van der Waals surface area contributed by atoms with Crippen LogP contribution in [0, 0.1) is 5.82 Å². The molecule has 0 fully saturated rings. The molecule has 0 aliphatic heterocycles. The van der Waals surface area contributed by atoms with E-state index in [0.29, 0.717) is 22.2 Å². The molecule has 0 saturated carbocycles. The van der Waals surface area contributed by atoms with E-state index in [0.717, 1.165) is 0 Å². The number of halogens is 2. The van der Waals surface area contributed by atoms with E-state index in [1.54, 1.807) is 36.5 Å². The Kier molecular flexibility index (Phi) is 3.39. The SMILES string of the molecule is Fc1ccccc1-n1cc(Oc2ccccc2Cl)cn1. The van der Waals surface area contributed by atoms with Crippen molar-refractivity contribution in [2.24, 2.45) is 0 Å². The van der Waals surface area contributed by atoms with Crippen molar-refractivity contribution in [3.05, 3.63) is 71.8 Å². The highest BCUT2D eigenvalue weighted by atomic mass is 35.5. The standard InChI is InChI=1S/C15H10ClFN2O/c16-12-5-1-4-8-15(12)20-11-9-18-19(10-11)14-7-3-2-6-13(14)17/h1-10H. The molecule has 5 heteroatoms. The lowest BCUT2D eigenvalue weighted by molar-refractivity contribution is 0.482. The third kappa shape index (κ3) is 2.51. The quantitative estimate of drug-likeness (QED) is 0.711. The monoisotopic (exact) mass is 288 g/mol. The number of ether oxygens (including phenoxy) is 1. The summed E-state index contributed by atoms with van der Waals surface area (Å²) < 4.78 is 20.7. The summed E-state index contributed by atoms with van der Waals surface area (Å²) in [4.78, 5) is 0. The van der Waals surface area contributed by atoms with Gasteiger partial charge in [-0.3, -0.25) is 0 Å². The third-order valence-corrected chi connectivity index (χ3v) is 3.03. The minimum atomic E-state index is -0.347. The molecule has 0 unspecified atom stereocenters. The molecule has 0 N–H and O–H groups in total. The van der Waals surface area contributed by atoms with Crippen LogP contribution in [0.25, 0.3) is 5.69 Å². The minimum Gasteiger partial charge on any atom is -0.452 e. The van der Waals surface area contributed by atoms with Crippen molar-refractivity contribution in [1.29, 1.82) is 0 Å². The zero-order valence-corrected chi connectivity index (χ0v) is 11.1. The maximum atomic E-state index is 13.7. The van der Waals surface area contributed by atoms with Crippen LogP contribution < -0.4 is 4.74 Å². The number of benzene rings is 2. The maximum absolute atomic E-state index is 13.7. The van der Waals surface area contributed by atoms with E-state index in [4.69, 9.17) is 16.3 Å². The lowest BCUT2D eigenvalue weighted by Crippen LogP contribution is -1.97. The number of aromatic nitrogens is 2. The second kappa shape index (κ2) is 5.35. The van der Waals surface area contributed by atoms with Gasteiger partial charge in [-0.25, -0.2) is 9.07 Å². The Morgan fingerprint density at radius 2 is 1.80 bits per heavy atom. The molecule has 0 aliphatic rings. The zero-order chi connectivity index (χ0) is 13.9. The smallest absolute Gasteiger partial charge is 0.165 e. The molecule has 20 heavy (non-hydrogen) atoms. The number of hydrogen-bond donors (Lipinski definition) is 0. The Hall–Kier alpha value is -2.33. The Bertz CT molecular complexity index is 742. The summed E-state index contributed by atoms with van der Waals surface area (Å²) in [7, 11) is 0. The van der Waals surface area contributed by atoms with Crippen LogP contribution in [0.3, 0.4) is 0 Å². The van der Waals surface area contributed by atoms with E-state index in [2.05, 4.69) is 5.10 Å². The van der Waals surface area contributed by atoms with Crippen LogP contribution in [0.2, 0.25) is 5.02 Å². The average Bonchev–Trinajstić information content (AvgIpc) is 2.90. The van der Waals surface area contributed by atoms with Crippen molar-refractivity contribution in [2.75, 3.05) is 0 Å². The summed E-state index contributed by atoms with van der Waals surface area (Å²) in [6.45, 7) is 0. The van der Waals surface area contributed by atoms with Crippen molar-refractivity contribution in [1.82, 2.24) is 9.78 Å². The molecule has 0 spiro atoms. The Balaban J connectivity index is 1.88. The average molecular weight is 289 g/mol. The minimum absolute atomic E-state index is 0.347. The maximum Gasteiger partial charge on any atom is 0.165 e. The molecule has 2 aromatic carbocycles. The summed E-state index contributed by atoms with van der Waals surface area (Å²) in [5, 5.41) is 4.59. The molecule has 0 atom stereocenters. The van der Waals surface area contributed by atoms with Gasteiger partial charge >= 0.3 is 0 Å². The molecule has 3 rings (SSSR count). The number of nitrogens with zero attached hydrogens (tertiary/aromatic N) is 2. The second-order valence-electron chi connectivity index (χ2n) is 4.10. The van der Waals surface area contributed by atoms with Gasteiger partial charge in [0.05, 0.1) is 17.4 Å². The predicted octanol–water partition coefficient (Wildman–Crippen LogP) is 4.46. The van der Waals surface area contributed by atoms with Crippen LogP contribution in [-0.4, -0.2) is 9.78 Å². The van der Waals surface area contributed by atoms with E-state index >= 15 is 0 Å². The lowest BCUT2D eigenvalue weighted by Gasteiger charge is -2.04. The first-order valence-corrected chi connectivity index (χ1v) is 6.34. The molecule has 3 nitrogen and oxygen atoms in total. The fraction of sp³-hybridized carbons (Fsp3) is 0. The summed E-state index contributed by atoms with van der Waals surface area (Å²) in [5.41, 5.74) is 0.363. The van der Waals surface area contributed by atoms with Crippen molar-refractivity contribution >= 4 is 11.6 Å². The summed E-state index contributed by atoms with van der Waals surface area (Å²) in [6, 6.07) is 13.5. The van der Waals surface area contributed by atoms with E-state index in [1.807, 2.05) is 12.1 Å². The van der Waals surface area contributed by atoms with Crippen LogP contribution in [0.5, 0.6) is 11.5 Å². The molecule has 100 valence electrons. The van der Waals surface area contributed by atoms with Crippen LogP contribution in [-0.2, 0) is 0 Å². The Labute approximate surface area is 120 Å². The highest BCUT2D eigenvalue weighted by Crippen LogP contribution is 2.29. The largest absolute Gasteiger partial charge is 0.452 e. The van der Waals surface area contributed by atoms with E-state index < -0.39 is 0 Å². The van der Waals surface area contributed by atoms with Gasteiger partial charge in [-0.2, -0.15) is 5.10 Å². The van der Waals surface area contributed by atoms with Crippen LogP contribution in [0.1, 0.15) is 0 Å². The fourth-order valence-corrected chi connectivity index (χ4v) is 1.96. The van der Waals surface area contributed by atoms with Crippen molar-refractivity contribution in [3.8, 4) is 17.2 Å². The van der Waals surface area contributed by atoms with E-state index in [1.165, 1.54) is 16.9 Å². The van der Waals surface area contributed by atoms with Crippen molar-refractivity contribution in [3.63, 3.8) is 0 Å². The van der Waals surface area contributed by atoms with Crippen LogP contribution in [0.4, 0.5) is 4.39 Å². The molecule has 1 heterocycles. The fourth-order valence-electron chi connectivity index (χ4n) is 1.78. The van der Waals surface area contributed by atoms with E-state index in [-0.39, 0.29) is 5.82 Å². The van der Waals surface area contributed by atoms with Gasteiger partial charge < -0.3 is 4.74 Å². The van der Waals surface area contributed by atoms with Crippen molar-refractivity contribution in [2.45, 2.75) is 0 Å². The molecular weight excluding hydrogens is 279 g/mol. The van der Waals surface area contributed by atoms with Gasteiger partial charge in [0.1, 0.15) is 17.3 Å². The normalized spacial score (nSPS) is 10.5. The van der Waals surface area contributed by atoms with E-state index in [9.17, 15) is 4.39 Å². The summed E-state index contributed by atoms with van der Waals surface area (Å²) >= 11 is 6.01. The molecule has 0 amide bonds. The molecule has 0 aliphatic carbocycles. The first-order chi connectivity index (χ1) is 9.74. The Morgan fingerprint density at radius 3 is 2.60 bits per heavy atom. The molecule has 3 aromatic rings.